The number of hydrogen-bond acceptors (Lipinski definition) is 2. The largest absolute Gasteiger partial charge is 0.432 e. The van der Waals surface area contributed by atoms with Gasteiger partial charge in [0, 0.05) is 17.2 Å². The molecule has 0 bridgehead atoms. The van der Waals surface area contributed by atoms with E-state index in [9.17, 15) is 22.0 Å². The molecule has 0 radical (unpaired) electrons. The second kappa shape index (κ2) is 14.0. The van der Waals surface area contributed by atoms with Gasteiger partial charge in [-0.3, -0.25) is 0 Å². The first-order valence-electron chi connectivity index (χ1n) is 15.4. The Morgan fingerprint density at radius 1 is 0.717 bits per heavy atom. The van der Waals surface area contributed by atoms with Crippen LogP contribution in [0, 0.1) is 46.3 Å². The van der Waals surface area contributed by atoms with Crippen molar-refractivity contribution >= 4 is 0 Å². The summed E-state index contributed by atoms with van der Waals surface area (Å²) in [4.78, 5) is 0. The third kappa shape index (κ3) is 7.22. The lowest BCUT2D eigenvalue weighted by Gasteiger charge is -2.29. The topological polar surface area (TPSA) is 33.0 Å². The van der Waals surface area contributed by atoms with E-state index >= 15 is 8.78 Å². The van der Waals surface area contributed by atoms with Gasteiger partial charge in [-0.15, -0.1) is 0 Å². The van der Waals surface area contributed by atoms with Gasteiger partial charge in [-0.1, -0.05) is 56.9 Å². The van der Waals surface area contributed by atoms with Gasteiger partial charge in [0.2, 0.25) is 0 Å². The maximum Gasteiger partial charge on any atom is 0.432 e. The Hall–Kier alpha value is -4.32. The average molecular weight is 640 g/mol. The molecule has 0 aromatic heterocycles. The Morgan fingerprint density at radius 2 is 1.35 bits per heavy atom. The van der Waals surface area contributed by atoms with Gasteiger partial charge in [0.15, 0.2) is 0 Å². The van der Waals surface area contributed by atoms with Gasteiger partial charge >= 0.3 is 6.11 Å². The SMILES string of the molecule is CCCCCC1CCC(c2ccc(-c3ccc(-c4cc(F)c(C(F)(F)Oc5ccc(C#N)c(F)c5)c(F)c4)c(F)c3)c(F)c2)CC1. The van der Waals surface area contributed by atoms with E-state index in [0.29, 0.717) is 18.2 Å². The van der Waals surface area contributed by atoms with Crippen LogP contribution in [0.25, 0.3) is 22.3 Å². The number of alkyl halides is 2. The van der Waals surface area contributed by atoms with Crippen LogP contribution in [0.4, 0.5) is 30.7 Å². The van der Waals surface area contributed by atoms with E-state index < -0.39 is 52.1 Å². The van der Waals surface area contributed by atoms with Crippen LogP contribution in [-0.4, -0.2) is 0 Å². The van der Waals surface area contributed by atoms with Gasteiger partial charge in [-0.05, 0) is 90.6 Å². The van der Waals surface area contributed by atoms with Crippen molar-refractivity contribution in [2.75, 3.05) is 0 Å². The molecule has 2 nitrogen and oxygen atoms in total. The molecule has 0 aliphatic heterocycles. The first-order valence-corrected chi connectivity index (χ1v) is 15.4. The molecule has 0 atom stereocenters. The summed E-state index contributed by atoms with van der Waals surface area (Å²) in [5, 5.41) is 8.78. The van der Waals surface area contributed by atoms with E-state index in [0.717, 1.165) is 55.4 Å². The van der Waals surface area contributed by atoms with Gasteiger partial charge in [-0.25, -0.2) is 22.0 Å². The quantitative estimate of drug-likeness (QED) is 0.128. The minimum Gasteiger partial charge on any atom is -0.429 e. The van der Waals surface area contributed by atoms with Crippen LogP contribution >= 0.6 is 0 Å². The summed E-state index contributed by atoms with van der Waals surface area (Å²) in [5.41, 5.74) is -1.59. The Morgan fingerprint density at radius 3 is 1.96 bits per heavy atom. The highest BCUT2D eigenvalue weighted by Crippen LogP contribution is 2.40. The fraction of sp³-hybridized carbons (Fsp3) is 0.324. The lowest BCUT2D eigenvalue weighted by molar-refractivity contribution is -0.189. The number of nitrogens with zero attached hydrogens (tertiary/aromatic N) is 1. The van der Waals surface area contributed by atoms with Crippen molar-refractivity contribution in [2.45, 2.75) is 70.3 Å². The van der Waals surface area contributed by atoms with Crippen molar-refractivity contribution in [3.8, 4) is 34.1 Å². The van der Waals surface area contributed by atoms with Crippen molar-refractivity contribution in [2.24, 2.45) is 5.92 Å². The number of ether oxygens (including phenoxy) is 1. The molecular weight excluding hydrogens is 607 g/mol. The minimum absolute atomic E-state index is 0.159. The van der Waals surface area contributed by atoms with Crippen molar-refractivity contribution in [3.63, 3.8) is 0 Å². The third-order valence-corrected chi connectivity index (χ3v) is 8.76. The molecule has 1 aliphatic carbocycles. The van der Waals surface area contributed by atoms with E-state index in [-0.39, 0.29) is 28.2 Å². The minimum atomic E-state index is -4.58. The molecule has 0 unspecified atom stereocenters. The molecule has 1 saturated carbocycles. The highest BCUT2D eigenvalue weighted by atomic mass is 19.3. The van der Waals surface area contributed by atoms with Crippen molar-refractivity contribution < 1.29 is 35.5 Å². The van der Waals surface area contributed by atoms with Crippen LogP contribution in [0.3, 0.4) is 0 Å². The lowest BCUT2D eigenvalue weighted by atomic mass is 9.77. The number of halogens is 7. The van der Waals surface area contributed by atoms with Crippen LogP contribution in [0.5, 0.6) is 5.75 Å². The number of hydrogen-bond donors (Lipinski definition) is 0. The Kier molecular flexibility index (Phi) is 10.0. The monoisotopic (exact) mass is 639 g/mol. The van der Waals surface area contributed by atoms with Crippen molar-refractivity contribution in [1.82, 2.24) is 0 Å². The first kappa shape index (κ1) is 33.1. The van der Waals surface area contributed by atoms with Gasteiger partial charge in [-0.2, -0.15) is 14.0 Å². The van der Waals surface area contributed by atoms with Crippen molar-refractivity contribution in [1.29, 1.82) is 5.26 Å². The highest BCUT2D eigenvalue weighted by Gasteiger charge is 2.41. The molecule has 46 heavy (non-hydrogen) atoms. The van der Waals surface area contributed by atoms with Crippen LogP contribution < -0.4 is 4.74 Å². The molecular formula is C37H32F7NO. The summed E-state index contributed by atoms with van der Waals surface area (Å²) in [5.74, 6) is -5.85. The predicted molar refractivity (Wildman–Crippen MR) is 162 cm³/mol. The van der Waals surface area contributed by atoms with Gasteiger partial charge in [0.1, 0.15) is 46.5 Å². The smallest absolute Gasteiger partial charge is 0.429 e. The Bertz CT molecular complexity index is 1730. The molecule has 0 saturated heterocycles. The summed E-state index contributed by atoms with van der Waals surface area (Å²) in [6, 6.07) is 13.3. The second-order valence-corrected chi connectivity index (χ2v) is 11.8. The fourth-order valence-corrected chi connectivity index (χ4v) is 6.26. The van der Waals surface area contributed by atoms with Gasteiger partial charge < -0.3 is 4.74 Å². The highest BCUT2D eigenvalue weighted by molar-refractivity contribution is 5.72. The number of unbranched alkanes of at least 4 members (excludes halogenated alkanes) is 2. The summed E-state index contributed by atoms with van der Waals surface area (Å²) in [7, 11) is 0. The van der Waals surface area contributed by atoms with E-state index in [4.69, 9.17) is 5.26 Å². The van der Waals surface area contributed by atoms with Crippen LogP contribution in [-0.2, 0) is 6.11 Å². The maximum absolute atomic E-state index is 15.3. The Labute approximate surface area is 263 Å². The molecule has 1 aliphatic rings. The standard InChI is InChI=1S/C37H32F7NO/c1-2-3-4-5-22-6-8-23(9-7-22)24-11-14-29(32(39)16-24)25-12-15-30(33(40)17-25)27-18-34(41)36(35(42)19-27)37(43,44)46-28-13-10-26(21-45)31(38)20-28/h10-20,22-23H,2-9H2,1H3. The molecule has 0 spiro atoms. The molecule has 0 heterocycles. The van der Waals surface area contributed by atoms with Crippen molar-refractivity contribution in [3.05, 3.63) is 113 Å². The zero-order chi connectivity index (χ0) is 33.0. The summed E-state index contributed by atoms with van der Waals surface area (Å²) >= 11 is 0. The zero-order valence-corrected chi connectivity index (χ0v) is 25.2. The molecule has 240 valence electrons. The molecule has 0 N–H and O–H groups in total. The van der Waals surface area contributed by atoms with Crippen LogP contribution in [0.1, 0.15) is 80.9 Å². The van der Waals surface area contributed by atoms with E-state index in [2.05, 4.69) is 11.7 Å². The first-order chi connectivity index (χ1) is 22.0. The normalized spacial score (nSPS) is 16.7. The predicted octanol–water partition coefficient (Wildman–Crippen LogP) is 11.6. The zero-order valence-electron chi connectivity index (χ0n) is 25.2. The Balaban J connectivity index is 1.32. The summed E-state index contributed by atoms with van der Waals surface area (Å²) < 4.78 is 108. The molecule has 4 aromatic carbocycles. The average Bonchev–Trinajstić information content (AvgIpc) is 3.01. The third-order valence-electron chi connectivity index (χ3n) is 8.76. The second-order valence-electron chi connectivity index (χ2n) is 11.8. The van der Waals surface area contributed by atoms with E-state index in [1.54, 1.807) is 6.07 Å². The van der Waals surface area contributed by atoms with Gasteiger partial charge in [0.05, 0.1) is 5.56 Å². The van der Waals surface area contributed by atoms with E-state index in [1.165, 1.54) is 50.0 Å². The van der Waals surface area contributed by atoms with E-state index in [1.807, 2.05) is 6.07 Å². The maximum atomic E-state index is 15.3. The molecule has 9 heteroatoms. The molecule has 0 amide bonds. The lowest BCUT2D eigenvalue weighted by Crippen LogP contribution is -2.25. The molecule has 1 fully saturated rings. The summed E-state index contributed by atoms with van der Waals surface area (Å²) in [6.45, 7) is 2.19. The summed E-state index contributed by atoms with van der Waals surface area (Å²) in [6.07, 6.45) is 4.58. The van der Waals surface area contributed by atoms with Crippen LogP contribution in [0.15, 0.2) is 66.7 Å². The van der Waals surface area contributed by atoms with Gasteiger partial charge in [0.25, 0.3) is 0 Å². The fourth-order valence-electron chi connectivity index (χ4n) is 6.26. The van der Waals surface area contributed by atoms with Crippen LogP contribution in [0.2, 0.25) is 0 Å². The molecule has 5 rings (SSSR count). The number of benzene rings is 4. The number of rotatable bonds is 10. The number of nitriles is 1. The molecule has 4 aromatic rings.